The molecule has 3 rings (SSSR count). The molecule has 2 saturated heterocycles. The lowest BCUT2D eigenvalue weighted by Gasteiger charge is -2.47. The molecule has 7 heteroatoms. The molecule has 2 aliphatic heterocycles. The van der Waals surface area contributed by atoms with E-state index in [2.05, 4.69) is 4.98 Å². The summed E-state index contributed by atoms with van der Waals surface area (Å²) < 4.78 is 11.5. The number of nitrogens with one attached hydrogen (secondary N) is 1. The van der Waals surface area contributed by atoms with Crippen LogP contribution in [0.5, 0.6) is 0 Å². The average molecular weight is 307 g/mol. The van der Waals surface area contributed by atoms with E-state index in [-0.39, 0.29) is 0 Å². The summed E-state index contributed by atoms with van der Waals surface area (Å²) in [6.07, 6.45) is 2.00. The first-order valence-electron chi connectivity index (χ1n) is 7.01. The third-order valence-corrected chi connectivity index (χ3v) is 4.98. The van der Waals surface area contributed by atoms with Crippen LogP contribution in [0.15, 0.2) is 24.5 Å². The smallest absolute Gasteiger partial charge is 0.214 e. The molecular formula is C16H13N5O2. The maximum absolute atomic E-state index is 9.84. The maximum atomic E-state index is 9.84. The number of nitrogens with zero attached hydrogens (tertiary/aromatic N) is 4. The summed E-state index contributed by atoms with van der Waals surface area (Å²) in [6.45, 7) is 3.28. The molecule has 0 unspecified atom stereocenters. The largest absolute Gasteiger partial charge is 0.448 e. The molecule has 0 aromatic carbocycles. The Labute approximate surface area is 133 Å². The molecule has 23 heavy (non-hydrogen) atoms. The Balaban J connectivity index is 2.34. The summed E-state index contributed by atoms with van der Waals surface area (Å²) in [5.41, 5.74) is -3.12. The summed E-state index contributed by atoms with van der Waals surface area (Å²) in [7, 11) is 0. The van der Waals surface area contributed by atoms with Crippen molar-refractivity contribution in [2.75, 3.05) is 0 Å². The Morgan fingerprint density at radius 3 is 2.48 bits per heavy atom. The van der Waals surface area contributed by atoms with Crippen molar-refractivity contribution in [2.45, 2.75) is 25.7 Å². The van der Waals surface area contributed by atoms with Crippen LogP contribution in [0.1, 0.15) is 25.5 Å². The van der Waals surface area contributed by atoms with Crippen molar-refractivity contribution in [2.24, 2.45) is 16.7 Å². The topological polar surface area (TPSA) is 127 Å². The highest BCUT2D eigenvalue weighted by Gasteiger charge is 2.78. The summed E-state index contributed by atoms with van der Waals surface area (Å²) >= 11 is 0. The first kappa shape index (κ1) is 15.0. The Kier molecular flexibility index (Phi) is 2.94. The second-order valence-electron chi connectivity index (χ2n) is 5.90. The average Bonchev–Trinajstić information content (AvgIpc) is 2.71. The van der Waals surface area contributed by atoms with Gasteiger partial charge in [0.1, 0.15) is 6.10 Å². The van der Waals surface area contributed by atoms with Gasteiger partial charge in [-0.1, -0.05) is 13.0 Å². The van der Waals surface area contributed by atoms with Crippen LogP contribution in [0.25, 0.3) is 0 Å². The van der Waals surface area contributed by atoms with Gasteiger partial charge in [0.2, 0.25) is 17.1 Å². The third-order valence-electron chi connectivity index (χ3n) is 4.98. The van der Waals surface area contributed by atoms with Gasteiger partial charge in [0, 0.05) is 24.9 Å². The summed E-state index contributed by atoms with van der Waals surface area (Å²) in [5.74, 6) is -2.31. The summed E-state index contributed by atoms with van der Waals surface area (Å²) in [4.78, 5) is 4.00. The van der Waals surface area contributed by atoms with E-state index in [4.69, 9.17) is 14.9 Å². The van der Waals surface area contributed by atoms with Gasteiger partial charge >= 0.3 is 0 Å². The number of nitriles is 3. The van der Waals surface area contributed by atoms with Crippen LogP contribution >= 0.6 is 0 Å². The van der Waals surface area contributed by atoms with Crippen molar-refractivity contribution < 1.29 is 9.47 Å². The van der Waals surface area contributed by atoms with Crippen molar-refractivity contribution in [1.29, 1.82) is 21.2 Å². The lowest BCUT2D eigenvalue weighted by Crippen LogP contribution is -2.57. The van der Waals surface area contributed by atoms with E-state index in [0.717, 1.165) is 0 Å². The fourth-order valence-corrected chi connectivity index (χ4v) is 3.54. The fourth-order valence-electron chi connectivity index (χ4n) is 3.54. The van der Waals surface area contributed by atoms with Crippen molar-refractivity contribution in [3.63, 3.8) is 0 Å². The molecule has 114 valence electrons. The highest BCUT2D eigenvalue weighted by molar-refractivity contribution is 5.89. The Morgan fingerprint density at radius 2 is 1.96 bits per heavy atom. The van der Waals surface area contributed by atoms with Gasteiger partial charge < -0.3 is 9.47 Å². The van der Waals surface area contributed by atoms with E-state index in [0.29, 0.717) is 5.56 Å². The Bertz CT molecular complexity index is 788. The fraction of sp³-hybridized carbons (Fsp3) is 0.438. The quantitative estimate of drug-likeness (QED) is 0.846. The molecule has 1 aromatic rings. The number of fused-ring (bicyclic) bond motifs is 2. The van der Waals surface area contributed by atoms with Crippen molar-refractivity contribution in [3.05, 3.63) is 30.1 Å². The molecule has 4 atom stereocenters. The van der Waals surface area contributed by atoms with Gasteiger partial charge in [-0.25, -0.2) is 0 Å². The van der Waals surface area contributed by atoms with E-state index in [9.17, 15) is 15.8 Å². The zero-order valence-corrected chi connectivity index (χ0v) is 12.6. The lowest BCUT2D eigenvalue weighted by atomic mass is 9.54. The summed E-state index contributed by atoms with van der Waals surface area (Å²) in [5, 5.41) is 37.7. The highest BCUT2D eigenvalue weighted by atomic mass is 16.7. The second kappa shape index (κ2) is 4.52. The van der Waals surface area contributed by atoms with E-state index in [1.807, 2.05) is 18.2 Å². The van der Waals surface area contributed by atoms with Gasteiger partial charge in [-0.2, -0.15) is 15.8 Å². The Morgan fingerprint density at radius 1 is 1.26 bits per heavy atom. The molecule has 0 radical (unpaired) electrons. The van der Waals surface area contributed by atoms with Gasteiger partial charge in [0.15, 0.2) is 5.41 Å². The molecule has 0 spiro atoms. The molecule has 2 bridgehead atoms. The highest BCUT2D eigenvalue weighted by Crippen LogP contribution is 2.66. The Hall–Kier alpha value is -2.95. The van der Waals surface area contributed by atoms with Gasteiger partial charge in [-0.3, -0.25) is 10.4 Å². The minimum Gasteiger partial charge on any atom is -0.448 e. The van der Waals surface area contributed by atoms with E-state index in [1.165, 1.54) is 6.20 Å². The van der Waals surface area contributed by atoms with Crippen LogP contribution < -0.4 is 0 Å². The van der Waals surface area contributed by atoms with Gasteiger partial charge in [-0.05, 0) is 6.07 Å². The van der Waals surface area contributed by atoms with Gasteiger partial charge in [-0.15, -0.1) is 0 Å². The van der Waals surface area contributed by atoms with E-state index >= 15 is 0 Å². The molecule has 1 N–H and O–H groups in total. The second-order valence-corrected chi connectivity index (χ2v) is 5.90. The molecule has 2 fully saturated rings. The summed E-state index contributed by atoms with van der Waals surface area (Å²) in [6, 6.07) is 9.28. The van der Waals surface area contributed by atoms with Gasteiger partial charge in [0.05, 0.1) is 24.1 Å². The monoisotopic (exact) mass is 307 g/mol. The predicted molar refractivity (Wildman–Crippen MR) is 76.1 cm³/mol. The number of aromatic nitrogens is 1. The zero-order valence-electron chi connectivity index (χ0n) is 12.6. The SMILES string of the molecule is C[C@H]1[C@@]2(C)OC(=N)[C@@]1(C#N)C(C#N)(C#N)[C@@H](c1cccnc1)O2. The molecule has 1 aromatic heterocycles. The van der Waals surface area contributed by atoms with E-state index in [1.54, 1.807) is 32.2 Å². The number of rotatable bonds is 1. The first-order chi connectivity index (χ1) is 10.9. The first-order valence-corrected chi connectivity index (χ1v) is 7.01. The minimum atomic E-state index is -1.91. The molecule has 2 aliphatic rings. The number of pyridine rings is 1. The van der Waals surface area contributed by atoms with Crippen LogP contribution in [0.2, 0.25) is 0 Å². The van der Waals surface area contributed by atoms with Crippen LogP contribution in [-0.4, -0.2) is 16.7 Å². The van der Waals surface area contributed by atoms with Crippen LogP contribution in [0.4, 0.5) is 0 Å². The lowest BCUT2D eigenvalue weighted by molar-refractivity contribution is -0.268. The van der Waals surface area contributed by atoms with Crippen LogP contribution in [0, 0.1) is 56.2 Å². The molecular weight excluding hydrogens is 294 g/mol. The van der Waals surface area contributed by atoms with Crippen LogP contribution in [-0.2, 0) is 9.47 Å². The number of ether oxygens (including phenoxy) is 2. The van der Waals surface area contributed by atoms with E-state index < -0.39 is 34.5 Å². The van der Waals surface area contributed by atoms with Crippen molar-refractivity contribution in [3.8, 4) is 18.2 Å². The maximum Gasteiger partial charge on any atom is 0.214 e. The molecule has 7 nitrogen and oxygen atoms in total. The predicted octanol–water partition coefficient (Wildman–Crippen LogP) is 2.06. The minimum absolute atomic E-state index is 0.399. The van der Waals surface area contributed by atoms with Crippen molar-refractivity contribution >= 4 is 5.90 Å². The molecule has 0 aliphatic carbocycles. The molecule has 0 saturated carbocycles. The molecule has 0 amide bonds. The number of hydrogen-bond acceptors (Lipinski definition) is 7. The normalized spacial score (nSPS) is 37.1. The van der Waals surface area contributed by atoms with Crippen molar-refractivity contribution in [1.82, 2.24) is 4.98 Å². The zero-order chi connectivity index (χ0) is 16.9. The molecule has 3 heterocycles. The van der Waals surface area contributed by atoms with Crippen LogP contribution in [0.3, 0.4) is 0 Å². The van der Waals surface area contributed by atoms with Gasteiger partial charge in [0.25, 0.3) is 0 Å². The number of hydrogen-bond donors (Lipinski definition) is 1. The third kappa shape index (κ3) is 1.49. The standard InChI is InChI=1S/C16H13N5O2/c1-10-14(2)22-12(11-4-3-5-21-6-11)15(7-17,8-18)16(10,9-19)13(20)23-14/h3-6,10,12,20H,1-2H3/t10-,12+,14+,16-/m0/s1.